The fourth-order valence-electron chi connectivity index (χ4n) is 3.55. The normalized spacial score (nSPS) is 21.3. The molecule has 7 heteroatoms. The van der Waals surface area contributed by atoms with Gasteiger partial charge in [0.15, 0.2) is 5.79 Å². The Morgan fingerprint density at radius 2 is 2.04 bits per heavy atom. The van der Waals surface area contributed by atoms with Crippen molar-refractivity contribution in [1.29, 1.82) is 0 Å². The summed E-state index contributed by atoms with van der Waals surface area (Å²) in [5, 5.41) is 4.13. The molecule has 0 saturated carbocycles. The van der Waals surface area contributed by atoms with E-state index in [1.165, 1.54) is 4.70 Å². The van der Waals surface area contributed by atoms with Crippen LogP contribution in [-0.4, -0.2) is 61.0 Å². The van der Waals surface area contributed by atoms with Gasteiger partial charge in [0.25, 0.3) is 0 Å². The van der Waals surface area contributed by atoms with Crippen LogP contribution >= 0.6 is 11.3 Å². The van der Waals surface area contributed by atoms with E-state index in [1.807, 2.05) is 18.2 Å². The van der Waals surface area contributed by atoms with Gasteiger partial charge in [0, 0.05) is 38.4 Å². The molecule has 6 nitrogen and oxygen atoms in total. The van der Waals surface area contributed by atoms with Gasteiger partial charge in [-0.05, 0) is 12.1 Å². The third-order valence-corrected chi connectivity index (χ3v) is 6.40. The Bertz CT molecular complexity index is 729. The minimum Gasteiger partial charge on any atom is -0.354 e. The van der Waals surface area contributed by atoms with Crippen LogP contribution in [-0.2, 0) is 14.3 Å². The van der Waals surface area contributed by atoms with Crippen molar-refractivity contribution in [3.05, 3.63) is 29.3 Å². The highest BCUT2D eigenvalue weighted by Gasteiger charge is 2.39. The molecule has 0 unspecified atom stereocenters. The van der Waals surface area contributed by atoms with Gasteiger partial charge in [-0.15, -0.1) is 11.3 Å². The zero-order chi connectivity index (χ0) is 18.0. The van der Waals surface area contributed by atoms with Gasteiger partial charge in [0.05, 0.1) is 35.0 Å². The lowest BCUT2D eigenvalue weighted by Crippen LogP contribution is -2.48. The van der Waals surface area contributed by atoms with Gasteiger partial charge in [-0.1, -0.05) is 19.1 Å². The average Bonchev–Trinajstić information content (AvgIpc) is 3.29. The number of likely N-dealkylation sites (tertiary alicyclic amines) is 1. The van der Waals surface area contributed by atoms with Crippen molar-refractivity contribution in [3.63, 3.8) is 0 Å². The number of para-hydroxylation sites is 1. The lowest BCUT2D eigenvalue weighted by molar-refractivity contribution is -0.185. The first-order valence-electron chi connectivity index (χ1n) is 9.26. The van der Waals surface area contributed by atoms with Gasteiger partial charge in [-0.25, -0.2) is 4.98 Å². The Hall–Kier alpha value is -1.54. The van der Waals surface area contributed by atoms with Crippen molar-refractivity contribution in [2.45, 2.75) is 31.5 Å². The summed E-state index contributed by atoms with van der Waals surface area (Å²) in [6.07, 6.45) is 1.67. The summed E-state index contributed by atoms with van der Waals surface area (Å²) in [4.78, 5) is 19.2. The summed E-state index contributed by atoms with van der Waals surface area (Å²) in [5.74, 6) is -0.0997. The van der Waals surface area contributed by atoms with Crippen LogP contribution in [0, 0.1) is 0 Å². The van der Waals surface area contributed by atoms with Crippen molar-refractivity contribution in [1.82, 2.24) is 15.2 Å². The van der Waals surface area contributed by atoms with E-state index in [1.54, 1.807) is 11.3 Å². The number of piperidine rings is 1. The third-order valence-electron chi connectivity index (χ3n) is 5.14. The molecule has 26 heavy (non-hydrogen) atoms. The number of hydrogen-bond acceptors (Lipinski definition) is 6. The van der Waals surface area contributed by atoms with E-state index in [2.05, 4.69) is 28.2 Å². The first kappa shape index (κ1) is 17.9. The Labute approximate surface area is 157 Å². The van der Waals surface area contributed by atoms with E-state index in [4.69, 9.17) is 9.47 Å². The third kappa shape index (κ3) is 3.91. The average molecular weight is 375 g/mol. The number of hydrogen-bond donors (Lipinski definition) is 1. The molecule has 3 heterocycles. The van der Waals surface area contributed by atoms with Gasteiger partial charge in [-0.2, -0.15) is 0 Å². The number of carbonyl (C=O) groups excluding carboxylic acids is 1. The number of amides is 1. The summed E-state index contributed by atoms with van der Waals surface area (Å²) in [5.41, 5.74) is 1.03. The number of aromatic nitrogens is 1. The highest BCUT2D eigenvalue weighted by Crippen LogP contribution is 2.31. The van der Waals surface area contributed by atoms with Crippen LogP contribution < -0.4 is 5.32 Å². The van der Waals surface area contributed by atoms with Crippen molar-refractivity contribution in [2.24, 2.45) is 0 Å². The van der Waals surface area contributed by atoms with Crippen molar-refractivity contribution in [2.75, 3.05) is 39.4 Å². The number of benzene rings is 1. The van der Waals surface area contributed by atoms with Gasteiger partial charge in [-0.3, -0.25) is 9.69 Å². The second-order valence-electron chi connectivity index (χ2n) is 7.11. The number of fused-ring (bicyclic) bond motifs is 1. The first-order valence-corrected chi connectivity index (χ1v) is 10.1. The summed E-state index contributed by atoms with van der Waals surface area (Å²) >= 11 is 1.70. The molecule has 2 aromatic rings. The van der Waals surface area contributed by atoms with Gasteiger partial charge in [0.2, 0.25) is 5.91 Å². The van der Waals surface area contributed by atoms with E-state index in [0.717, 1.165) is 36.5 Å². The fourth-order valence-corrected chi connectivity index (χ4v) is 4.57. The van der Waals surface area contributed by atoms with Crippen LogP contribution in [0.2, 0.25) is 0 Å². The van der Waals surface area contributed by atoms with Crippen LogP contribution in [0.1, 0.15) is 30.7 Å². The number of ether oxygens (including phenoxy) is 2. The molecule has 2 aliphatic heterocycles. The molecule has 1 N–H and O–H groups in total. The Kier molecular flexibility index (Phi) is 5.22. The highest BCUT2D eigenvalue weighted by atomic mass is 32.1. The molecule has 1 spiro atoms. The molecule has 4 rings (SSSR count). The van der Waals surface area contributed by atoms with Gasteiger partial charge < -0.3 is 14.8 Å². The molecule has 0 bridgehead atoms. The largest absolute Gasteiger partial charge is 0.354 e. The summed E-state index contributed by atoms with van der Waals surface area (Å²) in [7, 11) is 0. The van der Waals surface area contributed by atoms with Crippen molar-refractivity contribution < 1.29 is 14.3 Å². The Morgan fingerprint density at radius 3 is 2.77 bits per heavy atom. The number of thiazole rings is 1. The second kappa shape index (κ2) is 7.60. The number of nitrogens with zero attached hydrogens (tertiary/aromatic N) is 2. The highest BCUT2D eigenvalue weighted by molar-refractivity contribution is 7.18. The lowest BCUT2D eigenvalue weighted by atomic mass is 10.0. The second-order valence-corrected chi connectivity index (χ2v) is 8.17. The molecule has 1 atom stereocenters. The fraction of sp³-hybridized carbons (Fsp3) is 0.579. The maximum Gasteiger partial charge on any atom is 0.234 e. The molecule has 0 aliphatic carbocycles. The number of carbonyl (C=O) groups is 1. The van der Waals surface area contributed by atoms with Crippen molar-refractivity contribution >= 4 is 27.5 Å². The van der Waals surface area contributed by atoms with Gasteiger partial charge in [0.1, 0.15) is 0 Å². The minimum absolute atomic E-state index is 0.0715. The SMILES string of the molecule is C[C@H](CNC(=O)CN1CCC2(CC1)OCCO2)c1nc2ccccc2s1. The summed E-state index contributed by atoms with van der Waals surface area (Å²) < 4.78 is 12.7. The maximum atomic E-state index is 12.3. The lowest BCUT2D eigenvalue weighted by Gasteiger charge is -2.37. The zero-order valence-corrected chi connectivity index (χ0v) is 15.9. The van der Waals surface area contributed by atoms with Crippen LogP contribution in [0.5, 0.6) is 0 Å². The molecule has 2 saturated heterocycles. The monoisotopic (exact) mass is 375 g/mol. The Morgan fingerprint density at radius 1 is 1.31 bits per heavy atom. The maximum absolute atomic E-state index is 12.3. The Balaban J connectivity index is 1.23. The van der Waals surface area contributed by atoms with E-state index in [0.29, 0.717) is 26.3 Å². The molecule has 1 aromatic carbocycles. The van der Waals surface area contributed by atoms with E-state index >= 15 is 0 Å². The van der Waals surface area contributed by atoms with Crippen LogP contribution in [0.15, 0.2) is 24.3 Å². The van der Waals surface area contributed by atoms with E-state index in [-0.39, 0.29) is 17.6 Å². The first-order chi connectivity index (χ1) is 12.6. The summed E-state index contributed by atoms with van der Waals surface area (Å²) in [6.45, 7) is 6.19. The van der Waals surface area contributed by atoms with Crippen LogP contribution in [0.25, 0.3) is 10.2 Å². The quantitative estimate of drug-likeness (QED) is 0.869. The number of nitrogens with one attached hydrogen (secondary N) is 1. The van der Waals surface area contributed by atoms with Crippen LogP contribution in [0.3, 0.4) is 0 Å². The molecule has 2 fully saturated rings. The molecule has 140 valence electrons. The van der Waals surface area contributed by atoms with Crippen molar-refractivity contribution in [3.8, 4) is 0 Å². The predicted molar refractivity (Wildman–Crippen MR) is 101 cm³/mol. The predicted octanol–water partition coefficient (Wildman–Crippen LogP) is 2.35. The minimum atomic E-state index is -0.381. The topological polar surface area (TPSA) is 63.7 Å². The standard InChI is InChI=1S/C19H25N3O3S/c1-14(18-21-15-4-2-3-5-16(15)26-18)12-20-17(23)13-22-8-6-19(7-9-22)24-10-11-25-19/h2-5,14H,6-13H2,1H3,(H,20,23)/t14-/m1/s1. The van der Waals surface area contributed by atoms with Gasteiger partial charge >= 0.3 is 0 Å². The van der Waals surface area contributed by atoms with E-state index < -0.39 is 0 Å². The van der Waals surface area contributed by atoms with Crippen LogP contribution in [0.4, 0.5) is 0 Å². The molecule has 2 aliphatic rings. The van der Waals surface area contributed by atoms with E-state index in [9.17, 15) is 4.79 Å². The molecule has 1 amide bonds. The smallest absolute Gasteiger partial charge is 0.234 e. The molecular weight excluding hydrogens is 350 g/mol. The number of rotatable bonds is 5. The molecular formula is C19H25N3O3S. The zero-order valence-electron chi connectivity index (χ0n) is 15.1. The molecule has 0 radical (unpaired) electrons. The summed E-state index contributed by atoms with van der Waals surface area (Å²) in [6, 6.07) is 8.15. The molecule has 1 aromatic heterocycles.